The van der Waals surface area contributed by atoms with Gasteiger partial charge in [0.15, 0.2) is 0 Å². The number of fused-ring (bicyclic) bond motifs is 3. The van der Waals surface area contributed by atoms with Gasteiger partial charge in [-0.15, -0.1) is 0 Å². The molecule has 2 N–H and O–H groups in total. The van der Waals surface area contributed by atoms with E-state index in [-0.39, 0.29) is 0 Å². The Morgan fingerprint density at radius 1 is 1.32 bits per heavy atom. The second kappa shape index (κ2) is 4.65. The molecule has 3 heteroatoms. The van der Waals surface area contributed by atoms with Crippen LogP contribution in [0.4, 0.5) is 11.5 Å². The van der Waals surface area contributed by atoms with Gasteiger partial charge in [0.05, 0.1) is 5.52 Å². The summed E-state index contributed by atoms with van der Waals surface area (Å²) >= 11 is 0. The molecule has 19 heavy (non-hydrogen) atoms. The fourth-order valence-electron chi connectivity index (χ4n) is 2.97. The Hall–Kier alpha value is -1.90. The smallest absolute Gasteiger partial charge is 0.150 e. The molecule has 0 fully saturated rings. The standard InChI is InChI=1S/C16H19N3/c1-10(2)9-11-7-8-18-15-14(11)12-5-3-4-6-13(12)19-16(15)17/h3-6,8,10-11H,7,9H2,1-2H3,(H2,17,19). The maximum absolute atomic E-state index is 6.08. The third-order valence-corrected chi connectivity index (χ3v) is 3.71. The van der Waals surface area contributed by atoms with E-state index in [1.165, 1.54) is 10.9 Å². The lowest BCUT2D eigenvalue weighted by atomic mass is 9.84. The Kier molecular flexibility index (Phi) is 2.97. The SMILES string of the molecule is CC(C)CC1CC=Nc2c(N)nc3ccccc3c21. The third-order valence-electron chi connectivity index (χ3n) is 3.71. The first-order valence-corrected chi connectivity index (χ1v) is 6.87. The highest BCUT2D eigenvalue weighted by molar-refractivity contribution is 5.93. The fraction of sp³-hybridized carbons (Fsp3) is 0.375. The molecule has 1 atom stereocenters. The molecular weight excluding hydrogens is 234 g/mol. The van der Waals surface area contributed by atoms with Crippen LogP contribution in [-0.4, -0.2) is 11.2 Å². The summed E-state index contributed by atoms with van der Waals surface area (Å²) in [5.74, 6) is 1.72. The number of pyridine rings is 1. The number of rotatable bonds is 2. The summed E-state index contributed by atoms with van der Waals surface area (Å²) in [7, 11) is 0. The number of hydrogen-bond acceptors (Lipinski definition) is 3. The van der Waals surface area contributed by atoms with Crippen molar-refractivity contribution in [2.45, 2.75) is 32.6 Å². The number of nitrogen functional groups attached to an aromatic ring is 1. The Morgan fingerprint density at radius 2 is 2.11 bits per heavy atom. The van der Waals surface area contributed by atoms with Gasteiger partial charge in [-0.1, -0.05) is 32.0 Å². The van der Waals surface area contributed by atoms with Crippen LogP contribution in [0.5, 0.6) is 0 Å². The molecule has 0 radical (unpaired) electrons. The Morgan fingerprint density at radius 3 is 2.89 bits per heavy atom. The lowest BCUT2D eigenvalue weighted by Gasteiger charge is -2.25. The summed E-state index contributed by atoms with van der Waals surface area (Å²) in [6, 6.07) is 8.22. The molecule has 1 aliphatic heterocycles. The largest absolute Gasteiger partial charge is 0.382 e. The highest BCUT2D eigenvalue weighted by Gasteiger charge is 2.24. The molecule has 0 aliphatic carbocycles. The zero-order chi connectivity index (χ0) is 13.4. The number of benzene rings is 1. The van der Waals surface area contributed by atoms with E-state index in [1.54, 1.807) is 0 Å². The number of hydrogen-bond donors (Lipinski definition) is 1. The van der Waals surface area contributed by atoms with Crippen molar-refractivity contribution >= 4 is 28.6 Å². The predicted molar refractivity (Wildman–Crippen MR) is 81.1 cm³/mol. The Balaban J connectivity index is 2.25. The normalized spacial score (nSPS) is 17.9. The van der Waals surface area contributed by atoms with E-state index in [0.717, 1.165) is 24.0 Å². The molecule has 98 valence electrons. The summed E-state index contributed by atoms with van der Waals surface area (Å²) in [6.07, 6.45) is 4.15. The minimum Gasteiger partial charge on any atom is -0.382 e. The average Bonchev–Trinajstić information content (AvgIpc) is 2.38. The second-order valence-electron chi connectivity index (χ2n) is 5.65. The number of nitrogens with zero attached hydrogens (tertiary/aromatic N) is 2. The molecule has 0 spiro atoms. The lowest BCUT2D eigenvalue weighted by Crippen LogP contribution is -2.10. The highest BCUT2D eigenvalue weighted by atomic mass is 14.9. The van der Waals surface area contributed by atoms with E-state index in [2.05, 4.69) is 36.0 Å². The Labute approximate surface area is 113 Å². The van der Waals surface area contributed by atoms with Crippen molar-refractivity contribution in [3.05, 3.63) is 29.8 Å². The second-order valence-corrected chi connectivity index (χ2v) is 5.65. The van der Waals surface area contributed by atoms with Crippen LogP contribution in [0.25, 0.3) is 10.9 Å². The van der Waals surface area contributed by atoms with Crippen molar-refractivity contribution in [2.75, 3.05) is 5.73 Å². The zero-order valence-electron chi connectivity index (χ0n) is 11.4. The van der Waals surface area contributed by atoms with Gasteiger partial charge in [-0.3, -0.25) is 4.99 Å². The zero-order valence-corrected chi connectivity index (χ0v) is 11.4. The van der Waals surface area contributed by atoms with Crippen molar-refractivity contribution in [3.8, 4) is 0 Å². The predicted octanol–water partition coefficient (Wildman–Crippen LogP) is 4.05. The van der Waals surface area contributed by atoms with E-state index in [0.29, 0.717) is 17.7 Å². The maximum Gasteiger partial charge on any atom is 0.150 e. The van der Waals surface area contributed by atoms with Crippen LogP contribution in [-0.2, 0) is 0 Å². The van der Waals surface area contributed by atoms with E-state index in [4.69, 9.17) is 5.73 Å². The first kappa shape index (κ1) is 12.2. The van der Waals surface area contributed by atoms with Crippen LogP contribution in [0, 0.1) is 5.92 Å². The summed E-state index contributed by atoms with van der Waals surface area (Å²) < 4.78 is 0. The highest BCUT2D eigenvalue weighted by Crippen LogP contribution is 2.43. The lowest BCUT2D eigenvalue weighted by molar-refractivity contribution is 0.510. The average molecular weight is 253 g/mol. The van der Waals surface area contributed by atoms with Crippen molar-refractivity contribution in [3.63, 3.8) is 0 Å². The van der Waals surface area contributed by atoms with Gasteiger partial charge in [-0.05, 0) is 36.3 Å². The van der Waals surface area contributed by atoms with Gasteiger partial charge >= 0.3 is 0 Å². The molecule has 1 aromatic carbocycles. The van der Waals surface area contributed by atoms with Gasteiger partial charge in [0.2, 0.25) is 0 Å². The molecule has 2 aromatic rings. The minimum atomic E-state index is 0.502. The van der Waals surface area contributed by atoms with Crippen LogP contribution in [0.2, 0.25) is 0 Å². The summed E-state index contributed by atoms with van der Waals surface area (Å²) in [5.41, 5.74) is 9.23. The van der Waals surface area contributed by atoms with E-state index in [1.807, 2.05) is 18.3 Å². The number of aromatic nitrogens is 1. The molecule has 0 saturated carbocycles. The van der Waals surface area contributed by atoms with Crippen LogP contribution in [0.15, 0.2) is 29.3 Å². The van der Waals surface area contributed by atoms with E-state index < -0.39 is 0 Å². The van der Waals surface area contributed by atoms with E-state index >= 15 is 0 Å². The molecule has 3 rings (SSSR count). The third kappa shape index (κ3) is 2.09. The van der Waals surface area contributed by atoms with E-state index in [9.17, 15) is 0 Å². The molecule has 1 unspecified atom stereocenters. The fourth-order valence-corrected chi connectivity index (χ4v) is 2.97. The molecule has 0 amide bonds. The first-order valence-electron chi connectivity index (χ1n) is 6.87. The van der Waals surface area contributed by atoms with Crippen LogP contribution in [0.1, 0.15) is 38.2 Å². The summed E-state index contributed by atoms with van der Waals surface area (Å²) in [4.78, 5) is 8.95. The van der Waals surface area contributed by atoms with Crippen LogP contribution in [0.3, 0.4) is 0 Å². The maximum atomic E-state index is 6.08. The number of nitrogens with two attached hydrogens (primary N) is 1. The van der Waals surface area contributed by atoms with Gasteiger partial charge in [0.1, 0.15) is 11.5 Å². The monoisotopic (exact) mass is 253 g/mol. The van der Waals surface area contributed by atoms with Crippen molar-refractivity contribution in [1.29, 1.82) is 0 Å². The summed E-state index contributed by atoms with van der Waals surface area (Å²) in [6.45, 7) is 4.52. The minimum absolute atomic E-state index is 0.502. The van der Waals surface area contributed by atoms with Gasteiger partial charge in [0.25, 0.3) is 0 Å². The molecule has 3 nitrogen and oxygen atoms in total. The van der Waals surface area contributed by atoms with Gasteiger partial charge < -0.3 is 5.73 Å². The molecule has 1 aromatic heterocycles. The topological polar surface area (TPSA) is 51.3 Å². The number of anilines is 1. The van der Waals surface area contributed by atoms with Crippen LogP contribution >= 0.6 is 0 Å². The van der Waals surface area contributed by atoms with Gasteiger partial charge in [-0.25, -0.2) is 4.98 Å². The quantitative estimate of drug-likeness (QED) is 0.877. The number of para-hydroxylation sites is 1. The summed E-state index contributed by atoms with van der Waals surface area (Å²) in [5, 5.41) is 1.20. The first-order chi connectivity index (χ1) is 9.16. The number of aliphatic imine (C=N–C) groups is 1. The molecule has 0 saturated heterocycles. The molecule has 1 aliphatic rings. The van der Waals surface area contributed by atoms with Crippen molar-refractivity contribution in [2.24, 2.45) is 10.9 Å². The van der Waals surface area contributed by atoms with Gasteiger partial charge in [0, 0.05) is 11.6 Å². The van der Waals surface area contributed by atoms with Crippen molar-refractivity contribution in [1.82, 2.24) is 4.98 Å². The Bertz CT molecular complexity index is 644. The molecular formula is C16H19N3. The van der Waals surface area contributed by atoms with Gasteiger partial charge in [-0.2, -0.15) is 0 Å². The van der Waals surface area contributed by atoms with Crippen molar-refractivity contribution < 1.29 is 0 Å². The molecule has 2 heterocycles. The van der Waals surface area contributed by atoms with Crippen LogP contribution < -0.4 is 5.73 Å². The molecule has 0 bridgehead atoms.